The highest BCUT2D eigenvalue weighted by molar-refractivity contribution is 5.42. The van der Waals surface area contributed by atoms with Crippen LogP contribution in [0.3, 0.4) is 0 Å². The zero-order chi connectivity index (χ0) is 16.2. The summed E-state index contributed by atoms with van der Waals surface area (Å²) in [5.74, 6) is 1.47. The van der Waals surface area contributed by atoms with Gasteiger partial charge in [-0.2, -0.15) is 0 Å². The van der Waals surface area contributed by atoms with Crippen LogP contribution in [-0.2, 0) is 0 Å². The fraction of sp³-hybridized carbons (Fsp3) is 0.368. The molecule has 3 rings (SSSR count). The standard InChI is InChI=1S/C19H25N3O/c1-13(2)12-23-17-8-6-14(7-9-17)18-11-19(22-21-18)15-4-3-5-16(20)10-15/h3-10,13,18-19,21-22H,11-12,20H2,1-2H3. The fourth-order valence-corrected chi connectivity index (χ4v) is 2.83. The molecule has 0 aromatic heterocycles. The molecule has 2 unspecified atom stereocenters. The maximum atomic E-state index is 5.88. The SMILES string of the molecule is CC(C)COc1ccc(C2CC(c3cccc(N)c3)NN2)cc1. The van der Waals surface area contributed by atoms with Gasteiger partial charge in [0, 0.05) is 17.8 Å². The molecule has 1 aliphatic heterocycles. The highest BCUT2D eigenvalue weighted by Gasteiger charge is 2.26. The summed E-state index contributed by atoms with van der Waals surface area (Å²) < 4.78 is 5.74. The van der Waals surface area contributed by atoms with Crippen molar-refractivity contribution >= 4 is 5.69 Å². The van der Waals surface area contributed by atoms with Crippen LogP contribution < -0.4 is 21.3 Å². The average molecular weight is 311 g/mol. The Labute approximate surface area is 138 Å². The summed E-state index contributed by atoms with van der Waals surface area (Å²) in [7, 11) is 0. The second-order valence-corrected chi connectivity index (χ2v) is 6.57. The topological polar surface area (TPSA) is 59.3 Å². The highest BCUT2D eigenvalue weighted by Crippen LogP contribution is 2.32. The van der Waals surface area contributed by atoms with Gasteiger partial charge in [-0.25, -0.2) is 10.9 Å². The molecule has 1 heterocycles. The molecule has 0 radical (unpaired) electrons. The van der Waals surface area contributed by atoms with Crippen LogP contribution in [0.5, 0.6) is 5.75 Å². The lowest BCUT2D eigenvalue weighted by atomic mass is 9.97. The minimum atomic E-state index is 0.278. The van der Waals surface area contributed by atoms with Crippen LogP contribution in [0, 0.1) is 5.92 Å². The van der Waals surface area contributed by atoms with Crippen molar-refractivity contribution in [2.45, 2.75) is 32.4 Å². The first kappa shape index (κ1) is 15.8. The van der Waals surface area contributed by atoms with Crippen molar-refractivity contribution in [3.8, 4) is 5.75 Å². The molecule has 4 heteroatoms. The first-order chi connectivity index (χ1) is 11.1. The van der Waals surface area contributed by atoms with E-state index in [0.717, 1.165) is 24.5 Å². The third kappa shape index (κ3) is 4.03. The van der Waals surface area contributed by atoms with Gasteiger partial charge in [0.25, 0.3) is 0 Å². The minimum Gasteiger partial charge on any atom is -0.493 e. The Hall–Kier alpha value is -2.04. The lowest BCUT2D eigenvalue weighted by molar-refractivity contribution is 0.271. The molecule has 0 bridgehead atoms. The number of hydrogen-bond donors (Lipinski definition) is 3. The molecule has 0 amide bonds. The molecule has 0 aliphatic carbocycles. The number of benzene rings is 2. The summed E-state index contributed by atoms with van der Waals surface area (Å²) in [5.41, 5.74) is 15.9. The molecular formula is C19H25N3O. The van der Waals surface area contributed by atoms with E-state index in [1.165, 1.54) is 11.1 Å². The van der Waals surface area contributed by atoms with E-state index in [1.54, 1.807) is 0 Å². The minimum absolute atomic E-state index is 0.278. The number of ether oxygens (including phenoxy) is 1. The molecular weight excluding hydrogens is 286 g/mol. The summed E-state index contributed by atoms with van der Waals surface area (Å²) in [4.78, 5) is 0. The Bertz CT molecular complexity index is 639. The largest absolute Gasteiger partial charge is 0.493 e. The highest BCUT2D eigenvalue weighted by atomic mass is 16.5. The van der Waals surface area contributed by atoms with E-state index >= 15 is 0 Å². The Kier molecular flexibility index (Phi) is 4.84. The summed E-state index contributed by atoms with van der Waals surface area (Å²) in [6, 6.07) is 17.0. The molecule has 0 saturated carbocycles. The Morgan fingerprint density at radius 1 is 1.04 bits per heavy atom. The van der Waals surface area contributed by atoms with Gasteiger partial charge in [-0.1, -0.05) is 38.1 Å². The quantitative estimate of drug-likeness (QED) is 0.739. The number of hydrazine groups is 1. The smallest absolute Gasteiger partial charge is 0.119 e. The summed E-state index contributed by atoms with van der Waals surface area (Å²) in [6.45, 7) is 5.05. The predicted molar refractivity (Wildman–Crippen MR) is 94.0 cm³/mol. The van der Waals surface area contributed by atoms with Crippen molar-refractivity contribution in [3.63, 3.8) is 0 Å². The Balaban J connectivity index is 1.62. The predicted octanol–water partition coefficient (Wildman–Crippen LogP) is 3.58. The molecule has 2 aromatic rings. The zero-order valence-corrected chi connectivity index (χ0v) is 13.8. The van der Waals surface area contributed by atoms with Crippen molar-refractivity contribution in [1.29, 1.82) is 0 Å². The first-order valence-electron chi connectivity index (χ1n) is 8.21. The third-order valence-corrected chi connectivity index (χ3v) is 4.08. The first-order valence-corrected chi connectivity index (χ1v) is 8.21. The Morgan fingerprint density at radius 2 is 1.74 bits per heavy atom. The molecule has 2 atom stereocenters. The third-order valence-electron chi connectivity index (χ3n) is 4.08. The van der Waals surface area contributed by atoms with Crippen LogP contribution in [0.15, 0.2) is 48.5 Å². The molecule has 1 aliphatic rings. The number of nitrogen functional groups attached to an aromatic ring is 1. The van der Waals surface area contributed by atoms with E-state index in [9.17, 15) is 0 Å². The van der Waals surface area contributed by atoms with Gasteiger partial charge < -0.3 is 10.5 Å². The molecule has 23 heavy (non-hydrogen) atoms. The number of rotatable bonds is 5. The molecule has 1 fully saturated rings. The monoisotopic (exact) mass is 311 g/mol. The van der Waals surface area contributed by atoms with Crippen LogP contribution in [0.25, 0.3) is 0 Å². The van der Waals surface area contributed by atoms with E-state index in [4.69, 9.17) is 10.5 Å². The van der Waals surface area contributed by atoms with Crippen molar-refractivity contribution in [3.05, 3.63) is 59.7 Å². The molecule has 4 N–H and O–H groups in total. The summed E-state index contributed by atoms with van der Waals surface area (Å²) in [6.07, 6.45) is 0.996. The van der Waals surface area contributed by atoms with Gasteiger partial charge in [-0.05, 0) is 47.7 Å². The van der Waals surface area contributed by atoms with E-state index < -0.39 is 0 Å². The number of nitrogens with two attached hydrogens (primary N) is 1. The number of anilines is 1. The normalized spacial score (nSPS) is 20.8. The van der Waals surface area contributed by atoms with Gasteiger partial charge in [0.05, 0.1) is 6.61 Å². The second kappa shape index (κ2) is 7.02. The van der Waals surface area contributed by atoms with E-state index in [2.05, 4.69) is 42.9 Å². The van der Waals surface area contributed by atoms with Crippen LogP contribution in [0.1, 0.15) is 43.5 Å². The van der Waals surface area contributed by atoms with Crippen LogP contribution in [0.2, 0.25) is 0 Å². The van der Waals surface area contributed by atoms with Crippen molar-refractivity contribution < 1.29 is 4.74 Å². The van der Waals surface area contributed by atoms with E-state index in [1.807, 2.05) is 30.3 Å². The number of nitrogens with one attached hydrogen (secondary N) is 2. The molecule has 4 nitrogen and oxygen atoms in total. The maximum absolute atomic E-state index is 5.88. The van der Waals surface area contributed by atoms with Gasteiger partial charge in [0.1, 0.15) is 5.75 Å². The van der Waals surface area contributed by atoms with Crippen molar-refractivity contribution in [2.75, 3.05) is 12.3 Å². The summed E-state index contributed by atoms with van der Waals surface area (Å²) in [5, 5.41) is 0. The second-order valence-electron chi connectivity index (χ2n) is 6.57. The van der Waals surface area contributed by atoms with Crippen LogP contribution in [-0.4, -0.2) is 6.61 Å². The maximum Gasteiger partial charge on any atom is 0.119 e. The van der Waals surface area contributed by atoms with Crippen molar-refractivity contribution in [1.82, 2.24) is 10.9 Å². The van der Waals surface area contributed by atoms with Crippen LogP contribution in [0.4, 0.5) is 5.69 Å². The van der Waals surface area contributed by atoms with Gasteiger partial charge >= 0.3 is 0 Å². The van der Waals surface area contributed by atoms with Crippen molar-refractivity contribution in [2.24, 2.45) is 5.92 Å². The molecule has 1 saturated heterocycles. The Morgan fingerprint density at radius 3 is 2.39 bits per heavy atom. The number of hydrogen-bond acceptors (Lipinski definition) is 4. The lowest BCUT2D eigenvalue weighted by Gasteiger charge is -2.12. The summed E-state index contributed by atoms with van der Waals surface area (Å²) >= 11 is 0. The van der Waals surface area contributed by atoms with Gasteiger partial charge in [-0.15, -0.1) is 0 Å². The zero-order valence-electron chi connectivity index (χ0n) is 13.8. The van der Waals surface area contributed by atoms with E-state index in [0.29, 0.717) is 12.0 Å². The lowest BCUT2D eigenvalue weighted by Crippen LogP contribution is -2.26. The molecule has 0 spiro atoms. The van der Waals surface area contributed by atoms with Gasteiger partial charge in [-0.3, -0.25) is 0 Å². The van der Waals surface area contributed by atoms with E-state index in [-0.39, 0.29) is 6.04 Å². The molecule has 2 aromatic carbocycles. The fourth-order valence-electron chi connectivity index (χ4n) is 2.83. The molecule has 122 valence electrons. The van der Waals surface area contributed by atoms with Gasteiger partial charge in [0.15, 0.2) is 0 Å². The van der Waals surface area contributed by atoms with Gasteiger partial charge in [0.2, 0.25) is 0 Å². The average Bonchev–Trinajstić information content (AvgIpc) is 3.03. The van der Waals surface area contributed by atoms with Crippen LogP contribution >= 0.6 is 0 Å².